The Morgan fingerprint density at radius 2 is 0.462 bits per heavy atom. The van der Waals surface area contributed by atoms with E-state index in [-0.39, 0.29) is 37.7 Å². The first kappa shape index (κ1) is 77.4. The molecular formula is C68H98Ge2Li2O6. The number of benzene rings is 6. The van der Waals surface area contributed by atoms with Gasteiger partial charge in [0.2, 0.25) is 0 Å². The third-order valence-corrected chi connectivity index (χ3v) is 14.6. The van der Waals surface area contributed by atoms with Crippen molar-refractivity contribution < 1.29 is 28.4 Å². The van der Waals surface area contributed by atoms with E-state index in [4.69, 9.17) is 28.4 Å². The summed E-state index contributed by atoms with van der Waals surface area (Å²) in [5.41, 5.74) is 27.1. The van der Waals surface area contributed by atoms with E-state index in [9.17, 15) is 0 Å². The van der Waals surface area contributed by atoms with Crippen molar-refractivity contribution in [1.82, 2.24) is 0 Å². The zero-order valence-electron chi connectivity index (χ0n) is 53.0. The molecule has 0 spiro atoms. The van der Waals surface area contributed by atoms with Crippen LogP contribution < -0.4 is 8.79 Å². The number of hydrogen-bond acceptors (Lipinski definition) is 6. The predicted molar refractivity (Wildman–Crippen MR) is 344 cm³/mol. The van der Waals surface area contributed by atoms with E-state index in [1.54, 1.807) is 0 Å². The average Bonchev–Trinajstić information content (AvgIpc) is 3.35. The van der Waals surface area contributed by atoms with Gasteiger partial charge < -0.3 is 28.4 Å². The van der Waals surface area contributed by atoms with Crippen LogP contribution in [0.15, 0.2) is 84.9 Å². The second kappa shape index (κ2) is 44.0. The molecule has 0 unspecified atom stereocenters. The zero-order valence-corrected chi connectivity index (χ0v) is 57.2. The SMILES string of the molecule is C1COCCO1.CCOCC.CCOCC.CCOCC.CCOCC.Cc1cc(C)c(-c2cccc(-c3c(C)cc(C)cc3C)[c]2[Ge])c(C)c1.Cc1cc(C)c(-c2cccc(-c3c(C)cc(C)cc3C)[c]2[Ge])c(C)c1.[Li].[Li]. The van der Waals surface area contributed by atoms with Gasteiger partial charge in [0.1, 0.15) is 0 Å². The van der Waals surface area contributed by atoms with Gasteiger partial charge in [-0.15, -0.1) is 0 Å². The van der Waals surface area contributed by atoms with Gasteiger partial charge in [0.05, 0.1) is 26.4 Å². The molecule has 6 nitrogen and oxygen atoms in total. The van der Waals surface area contributed by atoms with E-state index in [2.05, 4.69) is 201 Å². The van der Waals surface area contributed by atoms with Crippen LogP contribution in [-0.4, -0.2) is 150 Å². The normalized spacial score (nSPS) is 11.1. The molecule has 0 bridgehead atoms. The van der Waals surface area contributed by atoms with Gasteiger partial charge in [-0.3, -0.25) is 0 Å². The molecule has 78 heavy (non-hydrogen) atoms. The topological polar surface area (TPSA) is 55.4 Å². The van der Waals surface area contributed by atoms with Crippen LogP contribution in [-0.2, 0) is 28.4 Å². The number of rotatable bonds is 12. The van der Waals surface area contributed by atoms with Crippen LogP contribution >= 0.6 is 0 Å². The molecule has 6 aromatic rings. The van der Waals surface area contributed by atoms with Crippen molar-refractivity contribution in [3.05, 3.63) is 152 Å². The van der Waals surface area contributed by atoms with Gasteiger partial charge in [-0.25, -0.2) is 0 Å². The molecule has 1 aliphatic heterocycles. The molecule has 0 saturated carbocycles. The maximum Gasteiger partial charge on any atom is 0 e. The molecule has 6 aromatic carbocycles. The van der Waals surface area contributed by atoms with Crippen LogP contribution in [0.3, 0.4) is 0 Å². The standard InChI is InChI=1S/2C24H25Ge.C4H8O2.4C4H10O.2Li/c2*1-14-10-16(3)22(17(4)11-14)20-8-7-9-21(24(20)25)23-18(5)12-15(2)13-19(23)6;1-2-6-4-3-5-1;4*1-3-5-4-2;;/h2*7-13H,1-6H3;1-4H2;4*3-4H2,1-2H3;;. The summed E-state index contributed by atoms with van der Waals surface area (Å²) >= 11 is 4.53. The molecule has 0 aromatic heterocycles. The van der Waals surface area contributed by atoms with Crippen LogP contribution in [0.2, 0.25) is 0 Å². The fourth-order valence-electron chi connectivity index (χ4n) is 9.61. The quantitative estimate of drug-likeness (QED) is 0.114. The molecule has 1 aliphatic rings. The van der Waals surface area contributed by atoms with Crippen molar-refractivity contribution in [2.45, 2.75) is 138 Å². The third kappa shape index (κ3) is 27.0. The molecule has 1 fully saturated rings. The predicted octanol–water partition coefficient (Wildman–Crippen LogP) is 14.8. The summed E-state index contributed by atoms with van der Waals surface area (Å²) in [7, 11) is 0. The Bertz CT molecular complexity index is 2160. The summed E-state index contributed by atoms with van der Waals surface area (Å²) in [6.07, 6.45) is 0. The summed E-state index contributed by atoms with van der Waals surface area (Å²) in [5, 5.41) is 0. The molecule has 0 N–H and O–H groups in total. The van der Waals surface area contributed by atoms with Gasteiger partial charge in [-0.05, 0) is 55.4 Å². The largest absolute Gasteiger partial charge is 0 e. The summed E-state index contributed by atoms with van der Waals surface area (Å²) < 4.78 is 32.0. The fraction of sp³-hybridized carbons (Fsp3) is 0.471. The number of hydrogen-bond donors (Lipinski definition) is 0. The Labute approximate surface area is 517 Å². The molecule has 0 amide bonds. The second-order valence-corrected chi connectivity index (χ2v) is 21.0. The number of aryl methyl sites for hydroxylation is 12. The minimum absolute atomic E-state index is 0. The van der Waals surface area contributed by atoms with Gasteiger partial charge in [0, 0.05) is 90.6 Å². The van der Waals surface area contributed by atoms with Crippen molar-refractivity contribution in [3.8, 4) is 44.5 Å². The zero-order chi connectivity index (χ0) is 57.3. The first-order valence-corrected chi connectivity index (χ1v) is 29.8. The molecule has 1 saturated heterocycles. The van der Waals surface area contributed by atoms with E-state index >= 15 is 0 Å². The molecule has 0 atom stereocenters. The van der Waals surface area contributed by atoms with Gasteiger partial charge in [-0.2, -0.15) is 0 Å². The second-order valence-electron chi connectivity index (χ2n) is 18.9. The van der Waals surface area contributed by atoms with E-state index < -0.39 is 0 Å². The maximum atomic E-state index is 4.94. The Hall–Kier alpha value is -2.64. The molecule has 0 aliphatic carbocycles. The Kier molecular flexibility index (Phi) is 43.7. The Morgan fingerprint density at radius 1 is 0.308 bits per heavy atom. The summed E-state index contributed by atoms with van der Waals surface area (Å²) in [6, 6.07) is 31.8. The van der Waals surface area contributed by atoms with Gasteiger partial charge in [0.25, 0.3) is 0 Å². The van der Waals surface area contributed by atoms with E-state index in [0.717, 1.165) is 79.3 Å². The Morgan fingerprint density at radius 3 is 0.577 bits per heavy atom. The molecular weight excluding hydrogens is 1070 g/mol. The maximum absolute atomic E-state index is 4.94. The van der Waals surface area contributed by atoms with Crippen molar-refractivity contribution in [2.75, 3.05) is 79.3 Å². The van der Waals surface area contributed by atoms with Gasteiger partial charge in [0.15, 0.2) is 0 Å². The molecule has 7 rings (SSSR count). The van der Waals surface area contributed by atoms with E-state index in [1.165, 1.54) is 120 Å². The van der Waals surface area contributed by atoms with Gasteiger partial charge in [-0.1, -0.05) is 0 Å². The van der Waals surface area contributed by atoms with E-state index in [1.807, 2.05) is 55.4 Å². The minimum atomic E-state index is 0. The van der Waals surface area contributed by atoms with Crippen LogP contribution in [0.5, 0.6) is 0 Å². The molecule has 416 valence electrons. The van der Waals surface area contributed by atoms with E-state index in [0.29, 0.717) is 0 Å². The molecule has 8 radical (unpaired) electrons. The first-order valence-electron chi connectivity index (χ1n) is 27.7. The molecule has 1 heterocycles. The van der Waals surface area contributed by atoms with Crippen LogP contribution in [0.1, 0.15) is 122 Å². The third-order valence-electron chi connectivity index (χ3n) is 12.3. The smallest absolute Gasteiger partial charge is 0 e. The van der Waals surface area contributed by atoms with Crippen LogP contribution in [0.25, 0.3) is 44.5 Å². The minimum Gasteiger partial charge on any atom is 0 e. The van der Waals surface area contributed by atoms with Crippen molar-refractivity contribution in [1.29, 1.82) is 0 Å². The van der Waals surface area contributed by atoms with Crippen molar-refractivity contribution in [2.24, 2.45) is 0 Å². The first-order chi connectivity index (χ1) is 36.2. The van der Waals surface area contributed by atoms with Crippen molar-refractivity contribution >= 4 is 79.5 Å². The van der Waals surface area contributed by atoms with Crippen LogP contribution in [0, 0.1) is 83.1 Å². The summed E-state index contributed by atoms with van der Waals surface area (Å²) in [4.78, 5) is 0. The van der Waals surface area contributed by atoms with Crippen LogP contribution in [0.4, 0.5) is 0 Å². The Balaban J connectivity index is 0. The summed E-state index contributed by atoms with van der Waals surface area (Å²) in [5.74, 6) is 0. The average molecular weight is 1170 g/mol. The number of ether oxygens (including phenoxy) is 6. The monoisotopic (exact) mass is 1170 g/mol. The summed E-state index contributed by atoms with van der Waals surface area (Å²) in [6.45, 7) is 52.3. The van der Waals surface area contributed by atoms with Crippen molar-refractivity contribution in [3.63, 3.8) is 0 Å². The molecule has 10 heteroatoms. The van der Waals surface area contributed by atoms with Gasteiger partial charge >= 0.3 is 321 Å². The fourth-order valence-corrected chi connectivity index (χ4v) is 11.4.